The van der Waals surface area contributed by atoms with Gasteiger partial charge in [-0.05, 0) is 53.8 Å². The molecule has 0 unspecified atom stereocenters. The minimum atomic E-state index is -3.89. The van der Waals surface area contributed by atoms with Gasteiger partial charge in [-0.1, -0.05) is 30.3 Å². The summed E-state index contributed by atoms with van der Waals surface area (Å²) in [5, 5.41) is 1.95. The molecule has 0 saturated heterocycles. The van der Waals surface area contributed by atoms with Gasteiger partial charge in [0.25, 0.3) is 0 Å². The van der Waals surface area contributed by atoms with Gasteiger partial charge in [-0.15, -0.1) is 11.3 Å². The lowest BCUT2D eigenvalue weighted by molar-refractivity contribution is -0.132. The van der Waals surface area contributed by atoms with Crippen molar-refractivity contribution in [2.24, 2.45) is 0 Å². The van der Waals surface area contributed by atoms with Crippen LogP contribution in [0.2, 0.25) is 0 Å². The fraction of sp³-hybridized carbons (Fsp3) is 0.292. The first-order valence-corrected chi connectivity index (χ1v) is 12.7. The Kier molecular flexibility index (Phi) is 8.74. The predicted octanol–water partition coefficient (Wildman–Crippen LogP) is 4.06. The maximum Gasteiger partial charge on any atom is 0.243 e. The van der Waals surface area contributed by atoms with Gasteiger partial charge >= 0.3 is 0 Å². The van der Waals surface area contributed by atoms with Crippen LogP contribution < -0.4 is 0 Å². The lowest BCUT2D eigenvalue weighted by Crippen LogP contribution is -2.43. The summed E-state index contributed by atoms with van der Waals surface area (Å²) in [6, 6.07) is 15.9. The van der Waals surface area contributed by atoms with Gasteiger partial charge in [-0.3, -0.25) is 4.79 Å². The van der Waals surface area contributed by atoms with E-state index >= 15 is 0 Å². The molecule has 0 radical (unpaired) electrons. The van der Waals surface area contributed by atoms with Gasteiger partial charge in [0.1, 0.15) is 5.82 Å². The van der Waals surface area contributed by atoms with Gasteiger partial charge in [0.2, 0.25) is 15.9 Å². The zero-order chi connectivity index (χ0) is 23.8. The summed E-state index contributed by atoms with van der Waals surface area (Å²) in [5.41, 5.74) is 1.82. The van der Waals surface area contributed by atoms with E-state index < -0.39 is 10.0 Å². The summed E-state index contributed by atoms with van der Waals surface area (Å²) >= 11 is 1.54. The highest BCUT2D eigenvalue weighted by atomic mass is 32.2. The third-order valence-corrected chi connectivity index (χ3v) is 8.05. The molecule has 2 aromatic carbocycles. The number of carbonyl (C=O) groups excluding carboxylic acids is 1. The van der Waals surface area contributed by atoms with E-state index in [-0.39, 0.29) is 42.9 Å². The number of halogens is 1. The first-order chi connectivity index (χ1) is 15.8. The van der Waals surface area contributed by atoms with Crippen LogP contribution in [-0.4, -0.2) is 50.3 Å². The molecule has 0 bridgehead atoms. The molecular formula is C24H27FN2O4S2. The minimum Gasteiger partial charge on any atom is -0.383 e. The molecule has 0 aliphatic carbocycles. The number of hydrogen-bond donors (Lipinski definition) is 0. The second-order valence-corrected chi connectivity index (χ2v) is 10.5. The third-order valence-electron chi connectivity index (χ3n) is 5.18. The summed E-state index contributed by atoms with van der Waals surface area (Å²) in [7, 11) is -2.41. The Hall–Kier alpha value is -2.59. The van der Waals surface area contributed by atoms with Crippen LogP contribution >= 0.6 is 11.3 Å². The predicted molar refractivity (Wildman–Crippen MR) is 127 cm³/mol. The Bertz CT molecular complexity index is 1150. The van der Waals surface area contributed by atoms with Crippen molar-refractivity contribution in [2.75, 3.05) is 26.8 Å². The molecule has 176 valence electrons. The molecule has 9 heteroatoms. The maximum absolute atomic E-state index is 13.4. The summed E-state index contributed by atoms with van der Waals surface area (Å²) in [5.74, 6) is -0.701. The largest absolute Gasteiger partial charge is 0.383 e. The third kappa shape index (κ3) is 6.70. The highest BCUT2D eigenvalue weighted by molar-refractivity contribution is 7.89. The van der Waals surface area contributed by atoms with Crippen molar-refractivity contribution in [3.8, 4) is 0 Å². The monoisotopic (exact) mass is 490 g/mol. The van der Waals surface area contributed by atoms with Gasteiger partial charge in [-0.25, -0.2) is 12.8 Å². The Morgan fingerprint density at radius 1 is 1.03 bits per heavy atom. The molecule has 1 aromatic heterocycles. The van der Waals surface area contributed by atoms with Crippen LogP contribution in [0, 0.1) is 12.7 Å². The minimum absolute atomic E-state index is 0.0435. The number of rotatable bonds is 11. The lowest BCUT2D eigenvalue weighted by Gasteiger charge is -2.27. The molecule has 0 atom stereocenters. The maximum atomic E-state index is 13.4. The molecule has 6 nitrogen and oxygen atoms in total. The molecule has 1 heterocycles. The zero-order valence-electron chi connectivity index (χ0n) is 18.6. The number of hydrogen-bond acceptors (Lipinski definition) is 5. The number of methoxy groups -OCH3 is 1. The van der Waals surface area contributed by atoms with Crippen molar-refractivity contribution >= 4 is 27.3 Å². The van der Waals surface area contributed by atoms with E-state index in [4.69, 9.17) is 4.74 Å². The number of carbonyl (C=O) groups is 1. The van der Waals surface area contributed by atoms with Crippen molar-refractivity contribution in [3.63, 3.8) is 0 Å². The average Bonchev–Trinajstić information content (AvgIpc) is 3.22. The quantitative estimate of drug-likeness (QED) is 0.407. The van der Waals surface area contributed by atoms with Crippen LogP contribution in [-0.2, 0) is 32.6 Å². The van der Waals surface area contributed by atoms with Crippen LogP contribution in [0.15, 0.2) is 70.9 Å². The number of sulfonamides is 1. The number of nitrogens with zero attached hydrogens (tertiary/aromatic N) is 2. The summed E-state index contributed by atoms with van der Waals surface area (Å²) in [6.45, 7) is 2.41. The van der Waals surface area contributed by atoms with Crippen molar-refractivity contribution < 1.29 is 22.3 Å². The van der Waals surface area contributed by atoms with Crippen LogP contribution in [0.1, 0.15) is 16.0 Å². The van der Waals surface area contributed by atoms with Gasteiger partial charge < -0.3 is 9.64 Å². The van der Waals surface area contributed by atoms with E-state index in [2.05, 4.69) is 0 Å². The summed E-state index contributed by atoms with van der Waals surface area (Å²) in [6.07, 6.45) is 0. The number of benzene rings is 2. The second kappa shape index (κ2) is 11.5. The Morgan fingerprint density at radius 2 is 1.73 bits per heavy atom. The number of aryl methyl sites for hydroxylation is 1. The van der Waals surface area contributed by atoms with E-state index in [1.807, 2.05) is 18.4 Å². The molecule has 3 aromatic rings. The molecule has 0 saturated carbocycles. The fourth-order valence-corrected chi connectivity index (χ4v) is 5.57. The van der Waals surface area contributed by atoms with Gasteiger partial charge in [0, 0.05) is 25.1 Å². The van der Waals surface area contributed by atoms with Gasteiger partial charge in [0.15, 0.2) is 0 Å². The topological polar surface area (TPSA) is 66.9 Å². The first kappa shape index (κ1) is 25.0. The molecule has 33 heavy (non-hydrogen) atoms. The number of thiophene rings is 1. The summed E-state index contributed by atoms with van der Waals surface area (Å²) < 4.78 is 46.0. The second-order valence-electron chi connectivity index (χ2n) is 7.55. The van der Waals surface area contributed by atoms with Crippen molar-refractivity contribution in [1.82, 2.24) is 9.21 Å². The standard InChI is InChI=1S/C24H27FN2O4S2/c1-19-12-15-32-23(19)17-26(16-20-8-10-21(25)11-9-20)24(28)18-27(13-14-31-2)33(29,30)22-6-4-3-5-7-22/h3-12,15H,13-14,16-18H2,1-2H3. The molecule has 0 fully saturated rings. The number of ether oxygens (including phenoxy) is 1. The van der Waals surface area contributed by atoms with Crippen LogP contribution in [0.3, 0.4) is 0 Å². The molecule has 3 rings (SSSR count). The van der Waals surface area contributed by atoms with Crippen LogP contribution in [0.25, 0.3) is 0 Å². The van der Waals surface area contributed by atoms with Crippen LogP contribution in [0.4, 0.5) is 4.39 Å². The van der Waals surface area contributed by atoms with Gasteiger partial charge in [-0.2, -0.15) is 4.31 Å². The molecule has 0 aliphatic heterocycles. The van der Waals surface area contributed by atoms with Crippen molar-refractivity contribution in [1.29, 1.82) is 0 Å². The zero-order valence-corrected chi connectivity index (χ0v) is 20.2. The highest BCUT2D eigenvalue weighted by Gasteiger charge is 2.28. The highest BCUT2D eigenvalue weighted by Crippen LogP contribution is 2.21. The van der Waals surface area contributed by atoms with Gasteiger partial charge in [0.05, 0.1) is 24.6 Å². The van der Waals surface area contributed by atoms with Crippen molar-refractivity contribution in [2.45, 2.75) is 24.9 Å². The Morgan fingerprint density at radius 3 is 2.33 bits per heavy atom. The fourth-order valence-electron chi connectivity index (χ4n) is 3.25. The smallest absolute Gasteiger partial charge is 0.243 e. The summed E-state index contributed by atoms with van der Waals surface area (Å²) in [4.78, 5) is 16.1. The van der Waals surface area contributed by atoms with E-state index in [0.29, 0.717) is 6.54 Å². The van der Waals surface area contributed by atoms with E-state index in [1.54, 1.807) is 35.2 Å². The Balaban J connectivity index is 1.86. The lowest BCUT2D eigenvalue weighted by atomic mass is 10.2. The van der Waals surface area contributed by atoms with Crippen LogP contribution in [0.5, 0.6) is 0 Å². The molecule has 0 aliphatic rings. The van der Waals surface area contributed by atoms with E-state index in [9.17, 15) is 17.6 Å². The molecule has 0 N–H and O–H groups in total. The SMILES string of the molecule is COCCN(CC(=O)N(Cc1ccc(F)cc1)Cc1sccc1C)S(=O)(=O)c1ccccc1. The normalized spacial score (nSPS) is 11.6. The molecular weight excluding hydrogens is 463 g/mol. The Labute approximate surface area is 198 Å². The molecule has 0 spiro atoms. The number of amides is 1. The van der Waals surface area contributed by atoms with E-state index in [1.165, 1.54) is 42.7 Å². The van der Waals surface area contributed by atoms with E-state index in [0.717, 1.165) is 20.3 Å². The average molecular weight is 491 g/mol. The van der Waals surface area contributed by atoms with Crippen molar-refractivity contribution in [3.05, 3.63) is 87.9 Å². The molecule has 1 amide bonds. The first-order valence-electron chi connectivity index (χ1n) is 10.4.